The van der Waals surface area contributed by atoms with E-state index >= 15 is 0 Å². The molecule has 0 aromatic rings. The van der Waals surface area contributed by atoms with Crippen LogP contribution < -0.4 is 5.32 Å². The molecule has 1 fully saturated rings. The Morgan fingerprint density at radius 2 is 1.29 bits per heavy atom. The summed E-state index contributed by atoms with van der Waals surface area (Å²) in [5.74, 6) is 0. The molecule has 4 heteroatoms. The maximum Gasteiger partial charge on any atom is 0.0431 e. The van der Waals surface area contributed by atoms with E-state index in [4.69, 9.17) is 10.2 Å². The van der Waals surface area contributed by atoms with E-state index < -0.39 is 0 Å². The fraction of sp³-hybridized carbons (Fsp3) is 1.00. The van der Waals surface area contributed by atoms with Crippen LogP contribution in [-0.4, -0.2) is 58.5 Å². The Morgan fingerprint density at radius 3 is 1.67 bits per heavy atom. The number of hydrogen-bond donors (Lipinski definition) is 3. The molecule has 0 radical (unpaired) electrons. The summed E-state index contributed by atoms with van der Waals surface area (Å²) in [7, 11) is 0. The van der Waals surface area contributed by atoms with Gasteiger partial charge in [0.2, 0.25) is 0 Å². The van der Waals surface area contributed by atoms with Crippen molar-refractivity contribution in [1.29, 1.82) is 0 Å². The summed E-state index contributed by atoms with van der Waals surface area (Å²) in [6, 6.07) is 0.591. The lowest BCUT2D eigenvalue weighted by Crippen LogP contribution is -2.62. The fourth-order valence-corrected chi connectivity index (χ4v) is 3.86. The summed E-state index contributed by atoms with van der Waals surface area (Å²) in [5, 5.41) is 21.8. The normalized spacial score (nSPS) is 21.9. The van der Waals surface area contributed by atoms with E-state index in [2.05, 4.69) is 37.9 Å². The number of nitrogens with one attached hydrogen (secondary N) is 1. The van der Waals surface area contributed by atoms with Crippen molar-refractivity contribution in [3.05, 3.63) is 0 Å². The molecule has 1 aliphatic rings. The lowest BCUT2D eigenvalue weighted by atomic mass is 9.79. The van der Waals surface area contributed by atoms with Gasteiger partial charge in [0.15, 0.2) is 0 Å². The van der Waals surface area contributed by atoms with Gasteiger partial charge in [-0.25, -0.2) is 0 Å². The first-order valence-electron chi connectivity index (χ1n) is 8.55. The van der Waals surface area contributed by atoms with E-state index in [1.54, 1.807) is 0 Å². The molecule has 0 unspecified atom stereocenters. The van der Waals surface area contributed by atoms with E-state index in [0.717, 1.165) is 51.6 Å². The minimum absolute atomic E-state index is 0.165. The second-order valence-electron chi connectivity index (χ2n) is 7.85. The van der Waals surface area contributed by atoms with Crippen LogP contribution in [0, 0.1) is 0 Å². The van der Waals surface area contributed by atoms with Gasteiger partial charge in [-0.15, -0.1) is 0 Å². The molecule has 21 heavy (non-hydrogen) atoms. The molecule has 1 rings (SSSR count). The Hall–Kier alpha value is -0.160. The van der Waals surface area contributed by atoms with Gasteiger partial charge in [0.25, 0.3) is 0 Å². The van der Waals surface area contributed by atoms with Crippen molar-refractivity contribution in [2.24, 2.45) is 0 Å². The molecule has 0 saturated carbocycles. The Balaban J connectivity index is 2.65. The minimum Gasteiger partial charge on any atom is -0.396 e. The zero-order valence-corrected chi connectivity index (χ0v) is 14.5. The van der Waals surface area contributed by atoms with E-state index in [0.29, 0.717) is 6.04 Å². The summed E-state index contributed by atoms with van der Waals surface area (Å²) < 4.78 is 0. The van der Waals surface area contributed by atoms with Crippen molar-refractivity contribution in [1.82, 2.24) is 10.2 Å². The highest BCUT2D eigenvalue weighted by Crippen LogP contribution is 2.31. The van der Waals surface area contributed by atoms with Gasteiger partial charge in [-0.3, -0.25) is 0 Å². The number of rotatable bonds is 9. The Bertz CT molecular complexity index is 267. The molecular weight excluding hydrogens is 264 g/mol. The summed E-state index contributed by atoms with van der Waals surface area (Å²) in [6.07, 6.45) is 6.20. The van der Waals surface area contributed by atoms with Crippen molar-refractivity contribution in [3.8, 4) is 0 Å². The number of aliphatic hydroxyl groups excluding tert-OH is 2. The Kier molecular flexibility index (Phi) is 7.62. The highest BCUT2D eigenvalue weighted by Gasteiger charge is 2.39. The summed E-state index contributed by atoms with van der Waals surface area (Å²) in [4.78, 5) is 2.59. The molecule has 3 N–H and O–H groups in total. The highest BCUT2D eigenvalue weighted by atomic mass is 16.3. The molecule has 4 nitrogen and oxygen atoms in total. The molecule has 0 aromatic carbocycles. The van der Waals surface area contributed by atoms with Crippen LogP contribution in [0.4, 0.5) is 0 Å². The van der Waals surface area contributed by atoms with Crippen LogP contribution in [0.1, 0.15) is 66.2 Å². The second kappa shape index (κ2) is 8.47. The third-order valence-corrected chi connectivity index (χ3v) is 4.39. The molecule has 0 amide bonds. The highest BCUT2D eigenvalue weighted by molar-refractivity contribution is 5.00. The van der Waals surface area contributed by atoms with Gasteiger partial charge >= 0.3 is 0 Å². The molecule has 0 spiro atoms. The summed E-state index contributed by atoms with van der Waals surface area (Å²) in [6.45, 7) is 11.9. The average molecular weight is 300 g/mol. The SMILES string of the molecule is CC1(C)CC(N(CCCCO)CCCCO)CC(C)(C)N1. The minimum atomic E-state index is 0.165. The van der Waals surface area contributed by atoms with Crippen LogP contribution in [0.2, 0.25) is 0 Å². The predicted octanol–water partition coefficient (Wildman–Crippen LogP) is 2.14. The van der Waals surface area contributed by atoms with Gasteiger partial charge in [0.1, 0.15) is 0 Å². The zero-order valence-electron chi connectivity index (χ0n) is 14.5. The second-order valence-corrected chi connectivity index (χ2v) is 7.85. The maximum atomic E-state index is 9.01. The first-order valence-corrected chi connectivity index (χ1v) is 8.55. The molecule has 1 saturated heterocycles. The molecule has 0 aliphatic carbocycles. The molecular formula is C17H36N2O2. The van der Waals surface area contributed by atoms with Gasteiger partial charge in [-0.2, -0.15) is 0 Å². The smallest absolute Gasteiger partial charge is 0.0431 e. The number of aliphatic hydroxyl groups is 2. The number of unbranched alkanes of at least 4 members (excludes halogenated alkanes) is 2. The first kappa shape index (κ1) is 18.9. The maximum absolute atomic E-state index is 9.01. The van der Waals surface area contributed by atoms with Gasteiger partial charge in [-0.05, 0) is 79.3 Å². The van der Waals surface area contributed by atoms with E-state index in [-0.39, 0.29) is 24.3 Å². The summed E-state index contributed by atoms with van der Waals surface area (Å²) in [5.41, 5.74) is 0.331. The quantitative estimate of drug-likeness (QED) is 0.571. The van der Waals surface area contributed by atoms with E-state index in [1.165, 1.54) is 0 Å². The van der Waals surface area contributed by atoms with Gasteiger partial charge in [-0.1, -0.05) is 0 Å². The first-order chi connectivity index (χ1) is 9.79. The van der Waals surface area contributed by atoms with Gasteiger partial charge < -0.3 is 20.4 Å². The molecule has 1 aliphatic heterocycles. The molecule has 126 valence electrons. The largest absolute Gasteiger partial charge is 0.396 e. The van der Waals surface area contributed by atoms with Gasteiger partial charge in [0, 0.05) is 30.3 Å². The predicted molar refractivity (Wildman–Crippen MR) is 88.5 cm³/mol. The molecule has 1 heterocycles. The van der Waals surface area contributed by atoms with Crippen molar-refractivity contribution in [3.63, 3.8) is 0 Å². The van der Waals surface area contributed by atoms with E-state index in [1.807, 2.05) is 0 Å². The van der Waals surface area contributed by atoms with Crippen LogP contribution >= 0.6 is 0 Å². The number of nitrogens with zero attached hydrogens (tertiary/aromatic N) is 1. The lowest BCUT2D eigenvalue weighted by Gasteiger charge is -2.50. The van der Waals surface area contributed by atoms with Crippen molar-refractivity contribution in [2.75, 3.05) is 26.3 Å². The average Bonchev–Trinajstić information content (AvgIpc) is 2.33. The number of hydrogen-bond acceptors (Lipinski definition) is 4. The molecule has 0 aromatic heterocycles. The monoisotopic (exact) mass is 300 g/mol. The number of piperidine rings is 1. The lowest BCUT2D eigenvalue weighted by molar-refractivity contribution is 0.0620. The summed E-state index contributed by atoms with van der Waals surface area (Å²) >= 11 is 0. The fourth-order valence-electron chi connectivity index (χ4n) is 3.86. The zero-order chi connectivity index (χ0) is 15.9. The third kappa shape index (κ3) is 7.09. The van der Waals surface area contributed by atoms with Crippen molar-refractivity contribution >= 4 is 0 Å². The Labute approximate surface area is 130 Å². The van der Waals surface area contributed by atoms with Crippen molar-refractivity contribution < 1.29 is 10.2 Å². The van der Waals surface area contributed by atoms with Crippen LogP contribution in [0.25, 0.3) is 0 Å². The molecule has 0 atom stereocenters. The standard InChI is InChI=1S/C17H36N2O2/c1-16(2)13-15(14-17(3,4)18-16)19(9-5-7-11-20)10-6-8-12-21/h15,18,20-21H,5-14H2,1-4H3. The van der Waals surface area contributed by atoms with Crippen LogP contribution in [-0.2, 0) is 0 Å². The Morgan fingerprint density at radius 1 is 0.857 bits per heavy atom. The van der Waals surface area contributed by atoms with Gasteiger partial charge in [0.05, 0.1) is 0 Å². The van der Waals surface area contributed by atoms with Crippen LogP contribution in [0.3, 0.4) is 0 Å². The molecule has 0 bridgehead atoms. The van der Waals surface area contributed by atoms with Crippen LogP contribution in [0.15, 0.2) is 0 Å². The topological polar surface area (TPSA) is 55.7 Å². The van der Waals surface area contributed by atoms with Crippen LogP contribution in [0.5, 0.6) is 0 Å². The third-order valence-electron chi connectivity index (χ3n) is 4.39. The van der Waals surface area contributed by atoms with Crippen molar-refractivity contribution in [2.45, 2.75) is 83.3 Å². The van der Waals surface area contributed by atoms with E-state index in [9.17, 15) is 0 Å².